The fraction of sp³-hybridized carbons (Fsp3) is 0.562. The number of carbonyl (C=O) groups excluding carboxylic acids is 1. The number of carbonyl (C=O) groups is 1. The maximum atomic E-state index is 12.1. The highest BCUT2D eigenvalue weighted by Crippen LogP contribution is 2.32. The Balaban J connectivity index is 1.46. The van der Waals surface area contributed by atoms with Gasteiger partial charge in [0.15, 0.2) is 0 Å². The third-order valence-corrected chi connectivity index (χ3v) is 5.22. The molecule has 0 aromatic heterocycles. The third-order valence-electron chi connectivity index (χ3n) is 4.53. The van der Waals surface area contributed by atoms with E-state index in [2.05, 4.69) is 26.6 Å². The highest BCUT2D eigenvalue weighted by Gasteiger charge is 2.32. The van der Waals surface area contributed by atoms with Crippen LogP contribution in [0, 0.1) is 5.92 Å². The van der Waals surface area contributed by atoms with Gasteiger partial charge in [0.1, 0.15) is 0 Å². The van der Waals surface area contributed by atoms with Crippen LogP contribution in [0.1, 0.15) is 42.5 Å². The zero-order valence-electron chi connectivity index (χ0n) is 11.6. The van der Waals surface area contributed by atoms with Gasteiger partial charge < -0.3 is 10.6 Å². The molecule has 0 radical (unpaired) electrons. The van der Waals surface area contributed by atoms with Crippen LogP contribution in [0.4, 0.5) is 0 Å². The molecule has 4 heteroatoms. The molecule has 2 aliphatic heterocycles. The van der Waals surface area contributed by atoms with Gasteiger partial charge in [-0.15, -0.1) is 0 Å². The summed E-state index contributed by atoms with van der Waals surface area (Å²) >= 11 is 3.42. The minimum Gasteiger partial charge on any atom is -0.352 e. The summed E-state index contributed by atoms with van der Waals surface area (Å²) in [5.74, 6) is 0.794. The van der Waals surface area contributed by atoms with Gasteiger partial charge in [0.05, 0.1) is 5.56 Å². The predicted molar refractivity (Wildman–Crippen MR) is 83.8 cm³/mol. The minimum absolute atomic E-state index is 0.0226. The molecule has 2 N–H and O–H groups in total. The van der Waals surface area contributed by atoms with E-state index in [0.29, 0.717) is 0 Å². The third kappa shape index (κ3) is 3.23. The van der Waals surface area contributed by atoms with Crippen molar-refractivity contribution in [3.8, 4) is 0 Å². The first-order valence-corrected chi connectivity index (χ1v) is 8.30. The van der Waals surface area contributed by atoms with Crippen LogP contribution in [0.3, 0.4) is 0 Å². The average molecular weight is 337 g/mol. The van der Waals surface area contributed by atoms with E-state index in [4.69, 9.17) is 0 Å². The van der Waals surface area contributed by atoms with Crippen molar-refractivity contribution in [3.05, 3.63) is 34.3 Å². The SMILES string of the molecule is O=C(NCCC1CC2CCC(C1)N2)c1ccccc1Br. The van der Waals surface area contributed by atoms with Crippen molar-refractivity contribution in [3.63, 3.8) is 0 Å². The van der Waals surface area contributed by atoms with Crippen LogP contribution in [-0.4, -0.2) is 24.5 Å². The number of halogens is 1. The van der Waals surface area contributed by atoms with Crippen LogP contribution in [0.5, 0.6) is 0 Å². The second-order valence-electron chi connectivity index (χ2n) is 6.00. The molecule has 3 rings (SSSR count). The summed E-state index contributed by atoms with van der Waals surface area (Å²) in [6.07, 6.45) is 6.34. The van der Waals surface area contributed by atoms with Crippen LogP contribution in [0.25, 0.3) is 0 Å². The Morgan fingerprint density at radius 2 is 1.95 bits per heavy atom. The van der Waals surface area contributed by atoms with E-state index in [0.717, 1.165) is 41.0 Å². The van der Waals surface area contributed by atoms with Crippen LogP contribution in [-0.2, 0) is 0 Å². The molecule has 2 heterocycles. The van der Waals surface area contributed by atoms with E-state index in [1.54, 1.807) is 0 Å². The fourth-order valence-electron chi connectivity index (χ4n) is 3.54. The molecular weight excluding hydrogens is 316 g/mol. The van der Waals surface area contributed by atoms with Gasteiger partial charge in [-0.3, -0.25) is 4.79 Å². The molecule has 2 aliphatic rings. The van der Waals surface area contributed by atoms with Gasteiger partial charge in [-0.2, -0.15) is 0 Å². The van der Waals surface area contributed by atoms with Gasteiger partial charge in [-0.25, -0.2) is 0 Å². The smallest absolute Gasteiger partial charge is 0.252 e. The quantitative estimate of drug-likeness (QED) is 0.886. The van der Waals surface area contributed by atoms with Crippen molar-refractivity contribution in [1.29, 1.82) is 0 Å². The number of rotatable bonds is 4. The Morgan fingerprint density at radius 1 is 1.25 bits per heavy atom. The number of benzene rings is 1. The van der Waals surface area contributed by atoms with Crippen LogP contribution in [0.15, 0.2) is 28.7 Å². The van der Waals surface area contributed by atoms with Gasteiger partial charge in [-0.05, 0) is 66.1 Å². The zero-order chi connectivity index (χ0) is 13.9. The van der Waals surface area contributed by atoms with Crippen LogP contribution in [0.2, 0.25) is 0 Å². The molecule has 1 amide bonds. The average Bonchev–Trinajstić information content (AvgIpc) is 2.78. The molecule has 2 unspecified atom stereocenters. The standard InChI is InChI=1S/C16H21BrN2O/c17-15-4-2-1-3-14(15)16(20)18-8-7-11-9-12-5-6-13(10-11)19-12/h1-4,11-13,19H,5-10H2,(H,18,20). The molecule has 0 saturated carbocycles. The Hall–Kier alpha value is -0.870. The van der Waals surface area contributed by atoms with Crippen LogP contribution >= 0.6 is 15.9 Å². The summed E-state index contributed by atoms with van der Waals surface area (Å²) in [6.45, 7) is 0.782. The molecule has 2 atom stereocenters. The summed E-state index contributed by atoms with van der Waals surface area (Å²) in [4.78, 5) is 12.1. The fourth-order valence-corrected chi connectivity index (χ4v) is 4.01. The lowest BCUT2D eigenvalue weighted by molar-refractivity contribution is 0.0949. The van der Waals surface area contributed by atoms with Gasteiger partial charge in [0.2, 0.25) is 0 Å². The highest BCUT2D eigenvalue weighted by molar-refractivity contribution is 9.10. The van der Waals surface area contributed by atoms with Crippen molar-refractivity contribution in [2.75, 3.05) is 6.54 Å². The first-order valence-electron chi connectivity index (χ1n) is 7.51. The first-order chi connectivity index (χ1) is 9.72. The highest BCUT2D eigenvalue weighted by atomic mass is 79.9. The number of hydrogen-bond donors (Lipinski definition) is 2. The summed E-state index contributed by atoms with van der Waals surface area (Å²) in [6, 6.07) is 9.04. The topological polar surface area (TPSA) is 41.1 Å². The second kappa shape index (κ2) is 6.27. The summed E-state index contributed by atoms with van der Waals surface area (Å²) in [5, 5.41) is 6.71. The molecule has 3 nitrogen and oxygen atoms in total. The molecule has 1 aromatic rings. The minimum atomic E-state index is 0.0226. The van der Waals surface area contributed by atoms with Gasteiger partial charge in [0.25, 0.3) is 5.91 Å². The number of nitrogens with one attached hydrogen (secondary N) is 2. The lowest BCUT2D eigenvalue weighted by Gasteiger charge is -2.29. The van der Waals surface area contributed by atoms with Crippen LogP contribution < -0.4 is 10.6 Å². The number of amides is 1. The number of hydrogen-bond acceptors (Lipinski definition) is 2. The molecule has 2 bridgehead atoms. The normalized spacial score (nSPS) is 28.4. The largest absolute Gasteiger partial charge is 0.352 e. The maximum Gasteiger partial charge on any atom is 0.252 e. The molecule has 20 heavy (non-hydrogen) atoms. The second-order valence-corrected chi connectivity index (χ2v) is 6.85. The van der Waals surface area contributed by atoms with E-state index in [9.17, 15) is 4.79 Å². The number of piperidine rings is 1. The Labute approximate surface area is 128 Å². The van der Waals surface area contributed by atoms with E-state index >= 15 is 0 Å². The first kappa shape index (κ1) is 14.1. The Bertz CT molecular complexity index is 479. The van der Waals surface area contributed by atoms with Crippen molar-refractivity contribution >= 4 is 21.8 Å². The molecule has 0 aliphatic carbocycles. The predicted octanol–water partition coefficient (Wildman–Crippen LogP) is 3.10. The van der Waals surface area contributed by atoms with Crippen molar-refractivity contribution in [2.45, 2.75) is 44.2 Å². The molecule has 0 spiro atoms. The zero-order valence-corrected chi connectivity index (χ0v) is 13.2. The Morgan fingerprint density at radius 3 is 2.65 bits per heavy atom. The van der Waals surface area contributed by atoms with E-state index in [-0.39, 0.29) is 5.91 Å². The summed E-state index contributed by atoms with van der Waals surface area (Å²) < 4.78 is 0.859. The Kier molecular flexibility index (Phi) is 4.41. The number of fused-ring (bicyclic) bond motifs is 2. The monoisotopic (exact) mass is 336 g/mol. The van der Waals surface area contributed by atoms with Gasteiger partial charge in [0, 0.05) is 23.1 Å². The van der Waals surface area contributed by atoms with Gasteiger partial charge in [-0.1, -0.05) is 12.1 Å². The van der Waals surface area contributed by atoms with E-state index in [1.807, 2.05) is 24.3 Å². The van der Waals surface area contributed by atoms with Crippen molar-refractivity contribution < 1.29 is 4.79 Å². The summed E-state index contributed by atoms with van der Waals surface area (Å²) in [7, 11) is 0. The van der Waals surface area contributed by atoms with Crippen molar-refractivity contribution in [2.24, 2.45) is 5.92 Å². The summed E-state index contributed by atoms with van der Waals surface area (Å²) in [5.41, 5.74) is 0.720. The lowest BCUT2D eigenvalue weighted by Crippen LogP contribution is -2.39. The van der Waals surface area contributed by atoms with Crippen molar-refractivity contribution in [1.82, 2.24) is 10.6 Å². The molecule has 2 saturated heterocycles. The molecule has 1 aromatic carbocycles. The molecule has 2 fully saturated rings. The molecular formula is C16H21BrN2O. The maximum absolute atomic E-state index is 12.1. The lowest BCUT2D eigenvalue weighted by atomic mass is 9.90. The van der Waals surface area contributed by atoms with E-state index in [1.165, 1.54) is 25.7 Å². The van der Waals surface area contributed by atoms with Gasteiger partial charge >= 0.3 is 0 Å². The van der Waals surface area contributed by atoms with E-state index < -0.39 is 0 Å². The molecule has 108 valence electrons.